The standard InChI is InChI=1S/C13H20Cl2N2O2S/c1-3-5-8-17(4-2)20(18,19)12-7-6-11(14)10(9-16)13(12)15/h6-7H,3-5,8-9,16H2,1-2H3. The van der Waals surface area contributed by atoms with Gasteiger partial charge in [0.2, 0.25) is 10.0 Å². The molecular weight excluding hydrogens is 319 g/mol. The van der Waals surface area contributed by atoms with Crippen molar-refractivity contribution in [3.05, 3.63) is 27.7 Å². The van der Waals surface area contributed by atoms with E-state index in [1.807, 2.05) is 6.92 Å². The molecule has 7 heteroatoms. The van der Waals surface area contributed by atoms with Crippen LogP contribution in [0.3, 0.4) is 0 Å². The Hall–Kier alpha value is -0.330. The highest BCUT2D eigenvalue weighted by atomic mass is 35.5. The van der Waals surface area contributed by atoms with Crippen molar-refractivity contribution in [2.75, 3.05) is 13.1 Å². The van der Waals surface area contributed by atoms with Gasteiger partial charge in [0.25, 0.3) is 0 Å². The van der Waals surface area contributed by atoms with Crippen LogP contribution in [0.15, 0.2) is 17.0 Å². The minimum absolute atomic E-state index is 0.0713. The molecule has 114 valence electrons. The molecular formula is C13H20Cl2N2O2S. The number of hydrogen-bond acceptors (Lipinski definition) is 3. The van der Waals surface area contributed by atoms with Gasteiger partial charge in [0.15, 0.2) is 0 Å². The van der Waals surface area contributed by atoms with Crippen LogP contribution in [0.1, 0.15) is 32.3 Å². The van der Waals surface area contributed by atoms with Crippen molar-refractivity contribution >= 4 is 33.2 Å². The zero-order chi connectivity index (χ0) is 15.3. The number of rotatable bonds is 7. The maximum atomic E-state index is 12.6. The fourth-order valence-electron chi connectivity index (χ4n) is 1.88. The number of benzene rings is 1. The summed E-state index contributed by atoms with van der Waals surface area (Å²) in [7, 11) is -3.62. The summed E-state index contributed by atoms with van der Waals surface area (Å²) in [6.45, 7) is 4.80. The van der Waals surface area contributed by atoms with Crippen LogP contribution in [0, 0.1) is 0 Å². The van der Waals surface area contributed by atoms with Gasteiger partial charge in [-0.2, -0.15) is 4.31 Å². The van der Waals surface area contributed by atoms with Gasteiger partial charge in [-0.15, -0.1) is 0 Å². The molecule has 1 aromatic rings. The Morgan fingerprint density at radius 2 is 1.90 bits per heavy atom. The van der Waals surface area contributed by atoms with E-state index in [0.29, 0.717) is 23.7 Å². The molecule has 0 aliphatic heterocycles. The number of hydrogen-bond donors (Lipinski definition) is 1. The summed E-state index contributed by atoms with van der Waals surface area (Å²) >= 11 is 12.1. The largest absolute Gasteiger partial charge is 0.326 e. The molecule has 2 N–H and O–H groups in total. The molecule has 0 atom stereocenters. The van der Waals surface area contributed by atoms with Crippen molar-refractivity contribution in [3.63, 3.8) is 0 Å². The minimum Gasteiger partial charge on any atom is -0.326 e. The predicted molar refractivity (Wildman–Crippen MR) is 83.7 cm³/mol. The van der Waals surface area contributed by atoms with Gasteiger partial charge in [0.1, 0.15) is 4.90 Å². The highest BCUT2D eigenvalue weighted by Gasteiger charge is 2.26. The van der Waals surface area contributed by atoms with Gasteiger partial charge >= 0.3 is 0 Å². The van der Waals surface area contributed by atoms with Crippen molar-refractivity contribution < 1.29 is 8.42 Å². The van der Waals surface area contributed by atoms with E-state index in [9.17, 15) is 8.42 Å². The Morgan fingerprint density at radius 3 is 2.40 bits per heavy atom. The van der Waals surface area contributed by atoms with Crippen molar-refractivity contribution in [1.29, 1.82) is 0 Å². The van der Waals surface area contributed by atoms with Gasteiger partial charge in [-0.1, -0.05) is 43.5 Å². The smallest absolute Gasteiger partial charge is 0.244 e. The molecule has 1 aromatic carbocycles. The van der Waals surface area contributed by atoms with Gasteiger partial charge in [0.05, 0.1) is 5.02 Å². The molecule has 0 saturated carbocycles. The Morgan fingerprint density at radius 1 is 1.25 bits per heavy atom. The summed E-state index contributed by atoms with van der Waals surface area (Å²) in [5.74, 6) is 0. The van der Waals surface area contributed by atoms with Gasteiger partial charge in [-0.3, -0.25) is 0 Å². The summed E-state index contributed by atoms with van der Waals surface area (Å²) in [5, 5.41) is 0.503. The number of nitrogens with zero attached hydrogens (tertiary/aromatic N) is 1. The molecule has 0 bridgehead atoms. The fourth-order valence-corrected chi connectivity index (χ4v) is 4.28. The van der Waals surface area contributed by atoms with Gasteiger partial charge in [0, 0.05) is 30.2 Å². The molecule has 1 rings (SSSR count). The summed E-state index contributed by atoms with van der Waals surface area (Å²) in [5.41, 5.74) is 6.03. The molecule has 0 aliphatic carbocycles. The molecule has 20 heavy (non-hydrogen) atoms. The normalized spacial score (nSPS) is 12.1. The van der Waals surface area contributed by atoms with Crippen LogP contribution in [0.4, 0.5) is 0 Å². The summed E-state index contributed by atoms with van der Waals surface area (Å²) in [6, 6.07) is 2.96. The zero-order valence-electron chi connectivity index (χ0n) is 11.7. The SMILES string of the molecule is CCCCN(CC)S(=O)(=O)c1ccc(Cl)c(CN)c1Cl. The Bertz CT molecular complexity index is 562. The fraction of sp³-hybridized carbons (Fsp3) is 0.538. The molecule has 0 aliphatic rings. The van der Waals surface area contributed by atoms with E-state index in [0.717, 1.165) is 12.8 Å². The summed E-state index contributed by atoms with van der Waals surface area (Å²) < 4.78 is 26.7. The van der Waals surface area contributed by atoms with Gasteiger partial charge in [-0.05, 0) is 18.6 Å². The average Bonchev–Trinajstić information content (AvgIpc) is 2.39. The molecule has 0 heterocycles. The molecule has 0 spiro atoms. The zero-order valence-corrected chi connectivity index (χ0v) is 14.0. The predicted octanol–water partition coefficient (Wildman–Crippen LogP) is 3.26. The van der Waals surface area contributed by atoms with E-state index in [1.165, 1.54) is 16.4 Å². The van der Waals surface area contributed by atoms with Crippen LogP contribution in [-0.4, -0.2) is 25.8 Å². The van der Waals surface area contributed by atoms with Crippen molar-refractivity contribution in [2.24, 2.45) is 5.73 Å². The molecule has 0 radical (unpaired) electrons. The van der Waals surface area contributed by atoms with Crippen molar-refractivity contribution in [3.8, 4) is 0 Å². The minimum atomic E-state index is -3.62. The lowest BCUT2D eigenvalue weighted by molar-refractivity contribution is 0.419. The van der Waals surface area contributed by atoms with E-state index >= 15 is 0 Å². The first kappa shape index (κ1) is 17.7. The molecule has 0 unspecified atom stereocenters. The molecule has 4 nitrogen and oxygen atoms in total. The van der Waals surface area contributed by atoms with Gasteiger partial charge in [-0.25, -0.2) is 8.42 Å². The lowest BCUT2D eigenvalue weighted by Crippen LogP contribution is -2.32. The van der Waals surface area contributed by atoms with E-state index in [2.05, 4.69) is 0 Å². The highest BCUT2D eigenvalue weighted by Crippen LogP contribution is 2.32. The number of nitrogens with two attached hydrogens (primary N) is 1. The third-order valence-electron chi connectivity index (χ3n) is 3.09. The second-order valence-corrected chi connectivity index (χ2v) is 7.08. The van der Waals surface area contributed by atoms with E-state index < -0.39 is 10.0 Å². The Kier molecular flexibility index (Phi) is 6.75. The summed E-state index contributed by atoms with van der Waals surface area (Å²) in [6.07, 6.45) is 1.73. The average molecular weight is 339 g/mol. The number of unbranched alkanes of at least 4 members (excludes halogenated alkanes) is 1. The first-order valence-electron chi connectivity index (χ1n) is 6.57. The van der Waals surface area contributed by atoms with Crippen LogP contribution < -0.4 is 5.73 Å². The molecule has 0 fully saturated rings. The van der Waals surface area contributed by atoms with Crippen molar-refractivity contribution in [2.45, 2.75) is 38.1 Å². The topological polar surface area (TPSA) is 63.4 Å². The third-order valence-corrected chi connectivity index (χ3v) is 6.00. The first-order chi connectivity index (χ1) is 9.39. The van der Waals surface area contributed by atoms with Crippen LogP contribution in [0.5, 0.6) is 0 Å². The number of halogens is 2. The second kappa shape index (κ2) is 7.61. The quantitative estimate of drug-likeness (QED) is 0.829. The lowest BCUT2D eigenvalue weighted by atomic mass is 10.2. The second-order valence-electron chi connectivity index (χ2n) is 4.39. The molecule has 0 aromatic heterocycles. The van der Waals surface area contributed by atoms with E-state index in [4.69, 9.17) is 28.9 Å². The monoisotopic (exact) mass is 338 g/mol. The van der Waals surface area contributed by atoms with Crippen LogP contribution in [0.2, 0.25) is 10.0 Å². The number of sulfonamides is 1. The van der Waals surface area contributed by atoms with E-state index in [1.54, 1.807) is 6.92 Å². The van der Waals surface area contributed by atoms with Crippen LogP contribution >= 0.6 is 23.2 Å². The van der Waals surface area contributed by atoms with E-state index in [-0.39, 0.29) is 16.5 Å². The van der Waals surface area contributed by atoms with Gasteiger partial charge < -0.3 is 5.73 Å². The van der Waals surface area contributed by atoms with Crippen molar-refractivity contribution in [1.82, 2.24) is 4.31 Å². The Labute approximate surface area is 130 Å². The molecule has 0 saturated heterocycles. The summed E-state index contributed by atoms with van der Waals surface area (Å²) in [4.78, 5) is 0.0713. The lowest BCUT2D eigenvalue weighted by Gasteiger charge is -2.21. The first-order valence-corrected chi connectivity index (χ1v) is 8.76. The van der Waals surface area contributed by atoms with Crippen LogP contribution in [0.25, 0.3) is 0 Å². The maximum Gasteiger partial charge on any atom is 0.244 e. The maximum absolute atomic E-state index is 12.6. The third kappa shape index (κ3) is 3.65. The Balaban J connectivity index is 3.27. The van der Waals surface area contributed by atoms with Crippen LogP contribution in [-0.2, 0) is 16.6 Å². The molecule has 0 amide bonds. The highest BCUT2D eigenvalue weighted by molar-refractivity contribution is 7.89.